The van der Waals surface area contributed by atoms with E-state index in [1.807, 2.05) is 44.3 Å². The second-order valence-electron chi connectivity index (χ2n) is 9.10. The first kappa shape index (κ1) is 21.9. The van der Waals surface area contributed by atoms with Gasteiger partial charge < -0.3 is 20.5 Å². The first-order chi connectivity index (χ1) is 15.4. The lowest BCUT2D eigenvalue weighted by Gasteiger charge is -2.33. The van der Waals surface area contributed by atoms with Crippen molar-refractivity contribution in [2.45, 2.75) is 32.7 Å². The SMILES string of the molecule is CC(C)C(=O)NC(Cc1c[nH]c2ccccc12)C(=O)NCC1Cc2ccccc2N(C)C1. The van der Waals surface area contributed by atoms with Crippen molar-refractivity contribution in [2.75, 3.05) is 25.0 Å². The summed E-state index contributed by atoms with van der Waals surface area (Å²) in [6.45, 7) is 5.15. The molecule has 0 aliphatic carbocycles. The van der Waals surface area contributed by atoms with Crippen molar-refractivity contribution in [3.8, 4) is 0 Å². The van der Waals surface area contributed by atoms with E-state index in [0.717, 1.165) is 29.4 Å². The summed E-state index contributed by atoms with van der Waals surface area (Å²) in [7, 11) is 2.09. The van der Waals surface area contributed by atoms with Crippen LogP contribution in [-0.2, 0) is 22.4 Å². The lowest BCUT2D eigenvalue weighted by molar-refractivity contribution is -0.130. The van der Waals surface area contributed by atoms with Gasteiger partial charge in [0.1, 0.15) is 6.04 Å². The van der Waals surface area contributed by atoms with Gasteiger partial charge in [-0.1, -0.05) is 50.2 Å². The van der Waals surface area contributed by atoms with Crippen LogP contribution in [0.3, 0.4) is 0 Å². The van der Waals surface area contributed by atoms with Crippen molar-refractivity contribution < 1.29 is 9.59 Å². The number of hydrogen-bond acceptors (Lipinski definition) is 3. The molecule has 4 rings (SSSR count). The van der Waals surface area contributed by atoms with Crippen LogP contribution in [0.1, 0.15) is 25.0 Å². The highest BCUT2D eigenvalue weighted by Gasteiger charge is 2.26. The van der Waals surface area contributed by atoms with Crippen LogP contribution in [0.2, 0.25) is 0 Å². The number of para-hydroxylation sites is 2. The molecule has 2 unspecified atom stereocenters. The maximum absolute atomic E-state index is 13.2. The summed E-state index contributed by atoms with van der Waals surface area (Å²) in [6.07, 6.45) is 3.31. The number of carbonyl (C=O) groups is 2. The van der Waals surface area contributed by atoms with Gasteiger partial charge in [0.05, 0.1) is 0 Å². The Kier molecular flexibility index (Phi) is 6.49. The van der Waals surface area contributed by atoms with Gasteiger partial charge in [-0.15, -0.1) is 0 Å². The van der Waals surface area contributed by atoms with Crippen molar-refractivity contribution in [2.24, 2.45) is 11.8 Å². The van der Waals surface area contributed by atoms with Crippen molar-refractivity contribution in [1.29, 1.82) is 0 Å². The summed E-state index contributed by atoms with van der Waals surface area (Å²) in [5.74, 6) is -0.104. The van der Waals surface area contributed by atoms with Gasteiger partial charge in [-0.05, 0) is 35.6 Å². The molecule has 1 aliphatic heterocycles. The molecule has 0 spiro atoms. The summed E-state index contributed by atoms with van der Waals surface area (Å²) in [5.41, 5.74) is 4.62. The van der Waals surface area contributed by atoms with Crippen LogP contribution < -0.4 is 15.5 Å². The third-order valence-electron chi connectivity index (χ3n) is 6.26. The van der Waals surface area contributed by atoms with Gasteiger partial charge in [0, 0.05) is 55.3 Å². The number of hydrogen-bond donors (Lipinski definition) is 3. The Morgan fingerprint density at radius 2 is 1.84 bits per heavy atom. The van der Waals surface area contributed by atoms with E-state index in [4.69, 9.17) is 0 Å². The second-order valence-corrected chi connectivity index (χ2v) is 9.10. The molecule has 0 radical (unpaired) electrons. The van der Waals surface area contributed by atoms with Gasteiger partial charge in [-0.2, -0.15) is 0 Å². The molecule has 0 saturated carbocycles. The van der Waals surface area contributed by atoms with Crippen LogP contribution >= 0.6 is 0 Å². The summed E-state index contributed by atoms with van der Waals surface area (Å²) >= 11 is 0. The number of anilines is 1. The summed E-state index contributed by atoms with van der Waals surface area (Å²) in [6, 6.07) is 15.8. The maximum atomic E-state index is 13.2. The minimum Gasteiger partial charge on any atom is -0.374 e. The number of amides is 2. The lowest BCUT2D eigenvalue weighted by atomic mass is 9.92. The van der Waals surface area contributed by atoms with Gasteiger partial charge in [0.2, 0.25) is 11.8 Å². The Balaban J connectivity index is 1.45. The molecular formula is C26H32N4O2. The number of benzene rings is 2. The molecule has 3 N–H and O–H groups in total. The molecule has 6 nitrogen and oxygen atoms in total. The standard InChI is InChI=1S/C26H32N4O2/c1-17(2)25(31)29-23(13-20-15-27-22-10-6-5-9-21(20)22)26(32)28-14-18-12-19-8-4-7-11-24(19)30(3)16-18/h4-11,15,17-18,23,27H,12-14,16H2,1-3H3,(H,28,32)(H,29,31). The average molecular weight is 433 g/mol. The molecule has 0 saturated heterocycles. The molecule has 6 heteroatoms. The average Bonchev–Trinajstić information content (AvgIpc) is 3.20. The number of carbonyl (C=O) groups excluding carboxylic acids is 2. The molecule has 32 heavy (non-hydrogen) atoms. The van der Waals surface area contributed by atoms with E-state index in [-0.39, 0.29) is 17.7 Å². The zero-order valence-electron chi connectivity index (χ0n) is 19.0. The highest BCUT2D eigenvalue weighted by Crippen LogP contribution is 2.28. The third-order valence-corrected chi connectivity index (χ3v) is 6.26. The van der Waals surface area contributed by atoms with E-state index >= 15 is 0 Å². The van der Waals surface area contributed by atoms with E-state index in [1.165, 1.54) is 11.3 Å². The number of nitrogens with zero attached hydrogens (tertiary/aromatic N) is 1. The van der Waals surface area contributed by atoms with E-state index < -0.39 is 6.04 Å². The van der Waals surface area contributed by atoms with Crippen molar-refractivity contribution >= 4 is 28.4 Å². The minimum absolute atomic E-state index is 0.115. The van der Waals surface area contributed by atoms with Gasteiger partial charge in [-0.3, -0.25) is 9.59 Å². The Morgan fingerprint density at radius 3 is 2.66 bits per heavy atom. The smallest absolute Gasteiger partial charge is 0.242 e. The number of H-pyrrole nitrogens is 1. The Bertz CT molecular complexity index is 1100. The number of nitrogens with one attached hydrogen (secondary N) is 3. The van der Waals surface area contributed by atoms with Crippen LogP contribution in [0.4, 0.5) is 5.69 Å². The second kappa shape index (κ2) is 9.47. The topological polar surface area (TPSA) is 77.2 Å². The number of rotatable bonds is 7. The summed E-state index contributed by atoms with van der Waals surface area (Å²) in [5, 5.41) is 7.15. The number of aromatic amines is 1. The van der Waals surface area contributed by atoms with Crippen LogP contribution in [0, 0.1) is 11.8 Å². The summed E-state index contributed by atoms with van der Waals surface area (Å²) in [4.78, 5) is 31.1. The quantitative estimate of drug-likeness (QED) is 0.536. The molecule has 2 amide bonds. The van der Waals surface area contributed by atoms with Crippen LogP contribution in [0.15, 0.2) is 54.7 Å². The zero-order chi connectivity index (χ0) is 22.7. The fourth-order valence-electron chi connectivity index (χ4n) is 4.49. The molecule has 2 heterocycles. The van der Waals surface area contributed by atoms with Crippen LogP contribution in [-0.4, -0.2) is 43.0 Å². The Labute approximate surface area is 189 Å². The normalized spacial score (nSPS) is 16.6. The zero-order valence-corrected chi connectivity index (χ0v) is 19.0. The van der Waals surface area contributed by atoms with Crippen molar-refractivity contribution in [1.82, 2.24) is 15.6 Å². The molecule has 1 aliphatic rings. The van der Waals surface area contributed by atoms with Gasteiger partial charge in [-0.25, -0.2) is 0 Å². The molecule has 2 atom stereocenters. The van der Waals surface area contributed by atoms with Gasteiger partial charge >= 0.3 is 0 Å². The molecule has 0 bridgehead atoms. The predicted molar refractivity (Wildman–Crippen MR) is 129 cm³/mol. The molecular weight excluding hydrogens is 400 g/mol. The molecule has 2 aromatic carbocycles. The van der Waals surface area contributed by atoms with Crippen molar-refractivity contribution in [3.05, 3.63) is 65.9 Å². The highest BCUT2D eigenvalue weighted by atomic mass is 16.2. The van der Waals surface area contributed by atoms with Crippen LogP contribution in [0.5, 0.6) is 0 Å². The Morgan fingerprint density at radius 1 is 1.09 bits per heavy atom. The molecule has 0 fully saturated rings. The summed E-state index contributed by atoms with van der Waals surface area (Å²) < 4.78 is 0. The van der Waals surface area contributed by atoms with Crippen molar-refractivity contribution in [3.63, 3.8) is 0 Å². The number of aromatic nitrogens is 1. The van der Waals surface area contributed by atoms with Crippen LogP contribution in [0.25, 0.3) is 10.9 Å². The number of fused-ring (bicyclic) bond motifs is 2. The van der Waals surface area contributed by atoms with Gasteiger partial charge in [0.15, 0.2) is 0 Å². The molecule has 168 valence electrons. The monoisotopic (exact) mass is 432 g/mol. The fraction of sp³-hybridized carbons (Fsp3) is 0.385. The van der Waals surface area contributed by atoms with E-state index in [9.17, 15) is 9.59 Å². The largest absolute Gasteiger partial charge is 0.374 e. The first-order valence-electron chi connectivity index (χ1n) is 11.3. The van der Waals surface area contributed by atoms with E-state index in [2.05, 4.69) is 51.8 Å². The third kappa shape index (κ3) is 4.79. The first-order valence-corrected chi connectivity index (χ1v) is 11.3. The van der Waals surface area contributed by atoms with E-state index in [0.29, 0.717) is 18.9 Å². The van der Waals surface area contributed by atoms with E-state index in [1.54, 1.807) is 0 Å². The predicted octanol–water partition coefficient (Wildman–Crippen LogP) is 3.28. The Hall–Kier alpha value is -3.28. The molecule has 3 aromatic rings. The maximum Gasteiger partial charge on any atom is 0.242 e. The fourth-order valence-corrected chi connectivity index (χ4v) is 4.49. The molecule has 1 aromatic heterocycles. The lowest BCUT2D eigenvalue weighted by Crippen LogP contribution is -2.50. The highest BCUT2D eigenvalue weighted by molar-refractivity contribution is 5.90. The van der Waals surface area contributed by atoms with Gasteiger partial charge in [0.25, 0.3) is 0 Å². The minimum atomic E-state index is -0.613.